The molecule has 6 N–H and O–H groups in total. The smallest absolute Gasteiger partial charge is 0.320 e. The summed E-state index contributed by atoms with van der Waals surface area (Å²) in [6.07, 6.45) is 6.75. The molecular formula is C12H24N3O2+. The van der Waals surface area contributed by atoms with Crippen LogP contribution in [0.25, 0.3) is 0 Å². The van der Waals surface area contributed by atoms with Crippen LogP contribution >= 0.6 is 0 Å². The van der Waals surface area contributed by atoms with Gasteiger partial charge in [0, 0.05) is 18.6 Å². The normalized spacial score (nSPS) is 10.5. The van der Waals surface area contributed by atoms with Crippen molar-refractivity contribution < 1.29 is 14.5 Å². The molecule has 0 saturated heterocycles. The van der Waals surface area contributed by atoms with Gasteiger partial charge in [-0.05, 0) is 6.92 Å². The van der Waals surface area contributed by atoms with Gasteiger partial charge in [0.25, 0.3) is 0 Å². The number of rotatable bonds is 4. The van der Waals surface area contributed by atoms with Gasteiger partial charge < -0.3 is 17.0 Å². The second-order valence-electron chi connectivity index (χ2n) is 3.59. The Kier molecular flexibility index (Phi) is 11.6. The maximum absolute atomic E-state index is 9.57. The van der Waals surface area contributed by atoms with Gasteiger partial charge in [-0.2, -0.15) is 0 Å². The number of nitrogens with two attached hydrogens (primary N) is 1. The number of carboxylic acid groups (broad SMARTS) is 1. The molecule has 0 aromatic carbocycles. The number of aliphatic carboxylic acids is 1. The summed E-state index contributed by atoms with van der Waals surface area (Å²) < 4.78 is 2.21. The first-order chi connectivity index (χ1) is 7.57. The molecule has 0 saturated carbocycles. The largest absolute Gasteiger partial charge is 0.480 e. The van der Waals surface area contributed by atoms with Crippen molar-refractivity contribution in [1.29, 1.82) is 0 Å². The molecule has 0 radical (unpaired) electrons. The third-order valence-electron chi connectivity index (χ3n) is 1.94. The molecule has 1 rings (SSSR count). The number of aryl methyl sites for hydroxylation is 1. The lowest BCUT2D eigenvalue weighted by Gasteiger charge is -1.91. The zero-order valence-corrected chi connectivity index (χ0v) is 10.7. The van der Waals surface area contributed by atoms with Gasteiger partial charge in [-0.25, -0.2) is 4.57 Å². The molecule has 0 fully saturated rings. The molecule has 1 atom stereocenters. The van der Waals surface area contributed by atoms with Crippen molar-refractivity contribution in [2.75, 3.05) is 0 Å². The van der Waals surface area contributed by atoms with E-state index in [9.17, 15) is 4.79 Å². The Balaban J connectivity index is 0. The summed E-state index contributed by atoms with van der Waals surface area (Å²) in [5, 5.41) is 7.87. The van der Waals surface area contributed by atoms with Crippen LogP contribution in [0.2, 0.25) is 0 Å². The van der Waals surface area contributed by atoms with Crippen LogP contribution < -0.4 is 16.5 Å². The zero-order chi connectivity index (χ0) is 12.4. The van der Waals surface area contributed by atoms with E-state index in [1.807, 2.05) is 6.07 Å². The summed E-state index contributed by atoms with van der Waals surface area (Å²) in [5.74, 6) is -0.963. The van der Waals surface area contributed by atoms with E-state index in [0.29, 0.717) is 0 Å². The zero-order valence-electron chi connectivity index (χ0n) is 10.7. The highest BCUT2D eigenvalue weighted by Crippen LogP contribution is 1.85. The summed E-state index contributed by atoms with van der Waals surface area (Å²) in [7, 11) is 0. The lowest BCUT2D eigenvalue weighted by atomic mass is 10.3. The van der Waals surface area contributed by atoms with E-state index >= 15 is 0 Å². The molecule has 5 heteroatoms. The molecule has 0 bridgehead atoms. The second kappa shape index (κ2) is 11.0. The second-order valence-corrected chi connectivity index (χ2v) is 3.59. The third-order valence-corrected chi connectivity index (χ3v) is 1.94. The standard InChI is InChI=1S/C9H14N.C3H7NO2.H3N/c1-2-3-7-10-8-5-4-6-9-10;1-2(4)3(5)6;/h4-6,8-9H,2-3,7H2,1H3;2H,4H2,1H3,(H,5,6);1H3/q+1;;. The van der Waals surface area contributed by atoms with Crippen LogP contribution in [-0.4, -0.2) is 17.1 Å². The minimum atomic E-state index is -0.963. The maximum atomic E-state index is 9.57. The van der Waals surface area contributed by atoms with E-state index in [4.69, 9.17) is 10.8 Å². The average Bonchev–Trinajstić information content (AvgIpc) is 2.28. The number of pyridine rings is 1. The number of aromatic nitrogens is 1. The van der Waals surface area contributed by atoms with Crippen molar-refractivity contribution in [2.24, 2.45) is 5.73 Å². The maximum Gasteiger partial charge on any atom is 0.320 e. The Morgan fingerprint density at radius 2 is 1.82 bits per heavy atom. The molecule has 0 spiro atoms. The summed E-state index contributed by atoms with van der Waals surface area (Å²) in [4.78, 5) is 9.57. The Bertz CT molecular complexity index is 289. The van der Waals surface area contributed by atoms with E-state index in [2.05, 4.69) is 36.0 Å². The molecule has 1 aromatic heterocycles. The predicted molar refractivity (Wildman–Crippen MR) is 67.9 cm³/mol. The van der Waals surface area contributed by atoms with E-state index in [1.54, 1.807) is 0 Å². The number of carboxylic acids is 1. The lowest BCUT2D eigenvalue weighted by Crippen LogP contribution is -2.31. The van der Waals surface area contributed by atoms with Gasteiger partial charge in [-0.3, -0.25) is 4.79 Å². The van der Waals surface area contributed by atoms with Crippen LogP contribution in [0.1, 0.15) is 26.7 Å². The van der Waals surface area contributed by atoms with Gasteiger partial charge in [-0.15, -0.1) is 0 Å². The van der Waals surface area contributed by atoms with Gasteiger partial charge in [0.1, 0.15) is 12.6 Å². The predicted octanol–water partition coefficient (Wildman–Crippen LogP) is 1.35. The number of unbranched alkanes of at least 4 members (excludes halogenated alkanes) is 1. The first kappa shape index (κ1) is 17.9. The number of nitrogens with zero attached hydrogens (tertiary/aromatic N) is 1. The van der Waals surface area contributed by atoms with Crippen LogP contribution in [0.3, 0.4) is 0 Å². The highest BCUT2D eigenvalue weighted by molar-refractivity contribution is 5.72. The van der Waals surface area contributed by atoms with Crippen molar-refractivity contribution in [2.45, 2.75) is 39.3 Å². The number of hydrogen-bond acceptors (Lipinski definition) is 3. The fraction of sp³-hybridized carbons (Fsp3) is 0.500. The van der Waals surface area contributed by atoms with Crippen molar-refractivity contribution in [3.63, 3.8) is 0 Å². The van der Waals surface area contributed by atoms with Crippen LogP contribution in [0.4, 0.5) is 0 Å². The van der Waals surface area contributed by atoms with Gasteiger partial charge in [0.2, 0.25) is 0 Å². The molecule has 0 aliphatic heterocycles. The van der Waals surface area contributed by atoms with Crippen molar-refractivity contribution in [3.8, 4) is 0 Å². The minimum absolute atomic E-state index is 0. The summed E-state index contributed by atoms with van der Waals surface area (Å²) in [5.41, 5.74) is 4.84. The molecule has 0 aliphatic carbocycles. The molecule has 1 unspecified atom stereocenters. The van der Waals surface area contributed by atoms with E-state index in [1.165, 1.54) is 19.8 Å². The molecule has 5 nitrogen and oxygen atoms in total. The van der Waals surface area contributed by atoms with Crippen LogP contribution in [0, 0.1) is 0 Å². The van der Waals surface area contributed by atoms with Crippen LogP contribution in [0.15, 0.2) is 30.6 Å². The fourth-order valence-electron chi connectivity index (χ4n) is 0.924. The fourth-order valence-corrected chi connectivity index (χ4v) is 0.924. The monoisotopic (exact) mass is 242 g/mol. The molecule has 17 heavy (non-hydrogen) atoms. The van der Waals surface area contributed by atoms with E-state index in [-0.39, 0.29) is 6.15 Å². The first-order valence-corrected chi connectivity index (χ1v) is 5.50. The molecule has 98 valence electrons. The molecule has 0 amide bonds. The van der Waals surface area contributed by atoms with Gasteiger partial charge in [-0.1, -0.05) is 19.4 Å². The summed E-state index contributed by atoms with van der Waals surface area (Å²) in [6, 6.07) is 5.44. The van der Waals surface area contributed by atoms with Crippen molar-refractivity contribution >= 4 is 5.97 Å². The Hall–Kier alpha value is -1.46. The SMILES string of the molecule is CC(N)C(=O)O.CCCC[n+]1ccccc1.N. The molecule has 0 aliphatic rings. The van der Waals surface area contributed by atoms with E-state index in [0.717, 1.165) is 6.54 Å². The van der Waals surface area contributed by atoms with Gasteiger partial charge in [0.15, 0.2) is 12.4 Å². The van der Waals surface area contributed by atoms with Crippen LogP contribution in [0.5, 0.6) is 0 Å². The Morgan fingerprint density at radius 3 is 2.18 bits per heavy atom. The topological polar surface area (TPSA) is 102 Å². The Labute approximate surface area is 103 Å². The lowest BCUT2D eigenvalue weighted by molar-refractivity contribution is -0.697. The number of carbonyl (C=O) groups is 1. The minimum Gasteiger partial charge on any atom is -0.480 e. The highest BCUT2D eigenvalue weighted by atomic mass is 16.4. The molecule has 1 aromatic rings. The van der Waals surface area contributed by atoms with Crippen molar-refractivity contribution in [1.82, 2.24) is 6.15 Å². The first-order valence-electron chi connectivity index (χ1n) is 5.50. The molecule has 1 heterocycles. The van der Waals surface area contributed by atoms with Crippen molar-refractivity contribution in [3.05, 3.63) is 30.6 Å². The highest BCUT2D eigenvalue weighted by Gasteiger charge is 1.99. The quantitative estimate of drug-likeness (QED) is 0.693. The third kappa shape index (κ3) is 10.8. The molecular weight excluding hydrogens is 218 g/mol. The Morgan fingerprint density at radius 1 is 1.35 bits per heavy atom. The number of hydrogen-bond donors (Lipinski definition) is 3. The summed E-state index contributed by atoms with van der Waals surface area (Å²) in [6.45, 7) is 4.78. The van der Waals surface area contributed by atoms with E-state index < -0.39 is 12.0 Å². The van der Waals surface area contributed by atoms with Gasteiger partial charge >= 0.3 is 5.97 Å². The average molecular weight is 242 g/mol. The van der Waals surface area contributed by atoms with Gasteiger partial charge in [0.05, 0.1) is 0 Å². The van der Waals surface area contributed by atoms with Crippen LogP contribution in [-0.2, 0) is 11.3 Å². The summed E-state index contributed by atoms with van der Waals surface area (Å²) >= 11 is 0.